The molecule has 2 saturated carbocycles. The average Bonchev–Trinajstić information content (AvgIpc) is 3.04. The van der Waals surface area contributed by atoms with E-state index in [1.807, 2.05) is 11.3 Å². The first-order chi connectivity index (χ1) is 9.13. The first-order valence-electron chi connectivity index (χ1n) is 7.80. The fourth-order valence-corrected chi connectivity index (χ4v) is 5.04. The Morgan fingerprint density at radius 3 is 2.79 bits per heavy atom. The SMILES string of the molecule is Cc1nc(C2CC3CCC2C3)sc1CNCC(C)C. The van der Waals surface area contributed by atoms with E-state index in [4.69, 9.17) is 4.98 Å². The van der Waals surface area contributed by atoms with Crippen LogP contribution in [0.15, 0.2) is 0 Å². The van der Waals surface area contributed by atoms with Crippen molar-refractivity contribution in [3.63, 3.8) is 0 Å². The Hall–Kier alpha value is -0.410. The third-order valence-electron chi connectivity index (χ3n) is 4.80. The van der Waals surface area contributed by atoms with Crippen molar-refractivity contribution in [3.8, 4) is 0 Å². The van der Waals surface area contributed by atoms with E-state index >= 15 is 0 Å². The molecule has 2 nitrogen and oxygen atoms in total. The predicted molar refractivity (Wildman–Crippen MR) is 81.6 cm³/mol. The Balaban J connectivity index is 1.64. The number of hydrogen-bond donors (Lipinski definition) is 1. The molecule has 2 fully saturated rings. The van der Waals surface area contributed by atoms with Crippen LogP contribution in [0.1, 0.15) is 61.0 Å². The van der Waals surface area contributed by atoms with Crippen molar-refractivity contribution in [1.29, 1.82) is 0 Å². The Labute approximate surface area is 121 Å². The molecule has 106 valence electrons. The van der Waals surface area contributed by atoms with Gasteiger partial charge in [0, 0.05) is 17.3 Å². The monoisotopic (exact) mass is 278 g/mol. The van der Waals surface area contributed by atoms with Gasteiger partial charge in [-0.1, -0.05) is 20.3 Å². The minimum Gasteiger partial charge on any atom is -0.312 e. The summed E-state index contributed by atoms with van der Waals surface area (Å²) < 4.78 is 0. The lowest BCUT2D eigenvalue weighted by molar-refractivity contribution is 0.418. The van der Waals surface area contributed by atoms with E-state index in [1.165, 1.54) is 41.3 Å². The zero-order chi connectivity index (χ0) is 13.4. The summed E-state index contributed by atoms with van der Waals surface area (Å²) in [6.07, 6.45) is 5.82. The Morgan fingerprint density at radius 2 is 2.16 bits per heavy atom. The van der Waals surface area contributed by atoms with Crippen molar-refractivity contribution in [2.24, 2.45) is 17.8 Å². The van der Waals surface area contributed by atoms with E-state index in [0.717, 1.165) is 36.8 Å². The van der Waals surface area contributed by atoms with Gasteiger partial charge in [-0.25, -0.2) is 4.98 Å². The molecule has 1 N–H and O–H groups in total. The van der Waals surface area contributed by atoms with E-state index in [0.29, 0.717) is 0 Å². The standard InChI is InChI=1S/C16H26N2S/c1-10(2)8-17-9-15-11(3)18-16(19-15)14-7-12-4-5-13(14)6-12/h10,12-14,17H,4-9H2,1-3H3. The van der Waals surface area contributed by atoms with Gasteiger partial charge in [-0.15, -0.1) is 11.3 Å². The van der Waals surface area contributed by atoms with Crippen molar-refractivity contribution in [1.82, 2.24) is 10.3 Å². The first-order valence-corrected chi connectivity index (χ1v) is 8.62. The predicted octanol–water partition coefficient (Wildman–Crippen LogP) is 4.10. The second-order valence-corrected chi connectivity index (χ2v) is 7.98. The maximum Gasteiger partial charge on any atom is 0.0965 e. The molecule has 2 aliphatic carbocycles. The normalized spacial score (nSPS) is 29.6. The number of nitrogens with zero attached hydrogens (tertiary/aromatic N) is 1. The molecule has 3 unspecified atom stereocenters. The van der Waals surface area contributed by atoms with E-state index < -0.39 is 0 Å². The van der Waals surface area contributed by atoms with Gasteiger partial charge in [0.05, 0.1) is 10.7 Å². The number of rotatable bonds is 5. The fraction of sp³-hybridized carbons (Fsp3) is 0.812. The third kappa shape index (κ3) is 2.87. The maximum atomic E-state index is 4.89. The highest BCUT2D eigenvalue weighted by Gasteiger charge is 2.41. The summed E-state index contributed by atoms with van der Waals surface area (Å²) in [6, 6.07) is 0. The van der Waals surface area contributed by atoms with Crippen LogP contribution in [-0.2, 0) is 6.54 Å². The van der Waals surface area contributed by atoms with Crippen molar-refractivity contribution in [3.05, 3.63) is 15.6 Å². The second kappa shape index (κ2) is 5.53. The Morgan fingerprint density at radius 1 is 1.32 bits per heavy atom. The van der Waals surface area contributed by atoms with Crippen LogP contribution < -0.4 is 5.32 Å². The van der Waals surface area contributed by atoms with E-state index in [1.54, 1.807) is 0 Å². The zero-order valence-corrected chi connectivity index (χ0v) is 13.2. The molecule has 19 heavy (non-hydrogen) atoms. The molecule has 3 heteroatoms. The summed E-state index contributed by atoms with van der Waals surface area (Å²) in [4.78, 5) is 6.34. The summed E-state index contributed by atoms with van der Waals surface area (Å²) >= 11 is 1.97. The van der Waals surface area contributed by atoms with E-state index in [-0.39, 0.29) is 0 Å². The molecular weight excluding hydrogens is 252 g/mol. The van der Waals surface area contributed by atoms with Crippen LogP contribution in [0.2, 0.25) is 0 Å². The van der Waals surface area contributed by atoms with Crippen LogP contribution in [0.4, 0.5) is 0 Å². The van der Waals surface area contributed by atoms with Crippen LogP contribution in [0, 0.1) is 24.7 Å². The zero-order valence-electron chi connectivity index (χ0n) is 12.4. The largest absolute Gasteiger partial charge is 0.312 e. The van der Waals surface area contributed by atoms with Crippen LogP contribution in [0.5, 0.6) is 0 Å². The van der Waals surface area contributed by atoms with Gasteiger partial charge in [-0.2, -0.15) is 0 Å². The molecule has 0 aromatic carbocycles. The topological polar surface area (TPSA) is 24.9 Å². The highest BCUT2D eigenvalue weighted by atomic mass is 32.1. The lowest BCUT2D eigenvalue weighted by atomic mass is 9.89. The summed E-state index contributed by atoms with van der Waals surface area (Å²) in [5.74, 6) is 3.48. The fourth-order valence-electron chi connectivity index (χ4n) is 3.79. The van der Waals surface area contributed by atoms with Gasteiger partial charge in [0.15, 0.2) is 0 Å². The quantitative estimate of drug-likeness (QED) is 0.877. The Kier molecular flexibility index (Phi) is 3.95. The molecule has 0 amide bonds. The number of aromatic nitrogens is 1. The molecule has 1 heterocycles. The number of aryl methyl sites for hydroxylation is 1. The number of thiazole rings is 1. The molecule has 0 saturated heterocycles. The smallest absolute Gasteiger partial charge is 0.0965 e. The van der Waals surface area contributed by atoms with Crippen LogP contribution in [-0.4, -0.2) is 11.5 Å². The van der Waals surface area contributed by atoms with Crippen molar-refractivity contribution >= 4 is 11.3 Å². The van der Waals surface area contributed by atoms with Gasteiger partial charge >= 0.3 is 0 Å². The summed E-state index contributed by atoms with van der Waals surface area (Å²) in [5, 5.41) is 4.99. The highest BCUT2D eigenvalue weighted by molar-refractivity contribution is 7.11. The first kappa shape index (κ1) is 13.6. The summed E-state index contributed by atoms with van der Waals surface area (Å²) in [7, 11) is 0. The van der Waals surface area contributed by atoms with Crippen LogP contribution in [0.3, 0.4) is 0 Å². The van der Waals surface area contributed by atoms with Gasteiger partial charge < -0.3 is 5.32 Å². The van der Waals surface area contributed by atoms with Gasteiger partial charge in [-0.3, -0.25) is 0 Å². The number of fused-ring (bicyclic) bond motifs is 2. The third-order valence-corrected chi connectivity index (χ3v) is 6.09. The lowest BCUT2D eigenvalue weighted by Gasteiger charge is -2.18. The molecule has 3 rings (SSSR count). The maximum absolute atomic E-state index is 4.89. The molecule has 1 aromatic heterocycles. The number of hydrogen-bond acceptors (Lipinski definition) is 3. The average molecular weight is 278 g/mol. The summed E-state index contributed by atoms with van der Waals surface area (Å²) in [5.41, 5.74) is 1.26. The highest BCUT2D eigenvalue weighted by Crippen LogP contribution is 2.53. The molecule has 1 aromatic rings. The molecule has 3 atom stereocenters. The molecule has 2 aliphatic rings. The summed E-state index contributed by atoms with van der Waals surface area (Å²) in [6.45, 7) is 8.79. The van der Waals surface area contributed by atoms with E-state index in [9.17, 15) is 0 Å². The molecule has 0 aliphatic heterocycles. The molecule has 0 spiro atoms. The van der Waals surface area contributed by atoms with Gasteiger partial charge in [0.2, 0.25) is 0 Å². The number of nitrogens with one attached hydrogen (secondary N) is 1. The lowest BCUT2D eigenvalue weighted by Crippen LogP contribution is -2.18. The minimum absolute atomic E-state index is 0.721. The molecular formula is C16H26N2S. The van der Waals surface area contributed by atoms with Gasteiger partial charge in [0.25, 0.3) is 0 Å². The van der Waals surface area contributed by atoms with Crippen LogP contribution >= 0.6 is 11.3 Å². The molecule has 2 bridgehead atoms. The van der Waals surface area contributed by atoms with E-state index in [2.05, 4.69) is 26.1 Å². The Bertz CT molecular complexity index is 438. The van der Waals surface area contributed by atoms with Crippen molar-refractivity contribution in [2.75, 3.05) is 6.54 Å². The minimum atomic E-state index is 0.721. The van der Waals surface area contributed by atoms with Crippen molar-refractivity contribution in [2.45, 2.75) is 58.9 Å². The molecule has 0 radical (unpaired) electrons. The second-order valence-electron chi connectivity index (χ2n) is 6.87. The van der Waals surface area contributed by atoms with Crippen molar-refractivity contribution < 1.29 is 0 Å². The van der Waals surface area contributed by atoms with Crippen LogP contribution in [0.25, 0.3) is 0 Å². The van der Waals surface area contributed by atoms with Gasteiger partial charge in [0.1, 0.15) is 0 Å². The van der Waals surface area contributed by atoms with Gasteiger partial charge in [-0.05, 0) is 50.5 Å².